The van der Waals surface area contributed by atoms with Crippen molar-refractivity contribution in [3.05, 3.63) is 70.6 Å². The molecule has 0 radical (unpaired) electrons. The van der Waals surface area contributed by atoms with Gasteiger partial charge in [-0.05, 0) is 45.8 Å². The number of halogens is 2. The number of hydrogen-bond donors (Lipinski definition) is 1. The standard InChI is InChI=1S/C18H16BrFN4O/c1-23-11-17(19)18(22-23)14-3-2-4-16(9-14)21-24(12-25)10-13-5-7-15(20)8-6-13/h2-9,11-12,21H,10H2,1H3. The summed E-state index contributed by atoms with van der Waals surface area (Å²) in [5.74, 6) is -0.303. The molecule has 0 saturated heterocycles. The van der Waals surface area contributed by atoms with E-state index in [4.69, 9.17) is 0 Å². The molecular formula is C18H16BrFN4O. The molecular weight excluding hydrogens is 387 g/mol. The van der Waals surface area contributed by atoms with E-state index in [0.29, 0.717) is 13.0 Å². The number of benzene rings is 2. The van der Waals surface area contributed by atoms with Crippen LogP contribution in [0, 0.1) is 5.82 Å². The molecule has 2 aromatic carbocycles. The van der Waals surface area contributed by atoms with Crippen LogP contribution in [0.4, 0.5) is 10.1 Å². The van der Waals surface area contributed by atoms with Crippen LogP contribution in [0.25, 0.3) is 11.3 Å². The first-order valence-electron chi connectivity index (χ1n) is 7.58. The van der Waals surface area contributed by atoms with Gasteiger partial charge in [0.15, 0.2) is 0 Å². The number of amides is 1. The third-order valence-corrected chi connectivity index (χ3v) is 4.17. The molecule has 7 heteroatoms. The van der Waals surface area contributed by atoms with Crippen molar-refractivity contribution < 1.29 is 9.18 Å². The van der Waals surface area contributed by atoms with Gasteiger partial charge in [-0.2, -0.15) is 5.10 Å². The van der Waals surface area contributed by atoms with Gasteiger partial charge >= 0.3 is 0 Å². The van der Waals surface area contributed by atoms with E-state index in [1.807, 2.05) is 37.5 Å². The number of anilines is 1. The summed E-state index contributed by atoms with van der Waals surface area (Å²) in [5, 5.41) is 5.82. The number of hydrazine groups is 1. The van der Waals surface area contributed by atoms with Crippen molar-refractivity contribution in [3.63, 3.8) is 0 Å². The molecule has 0 aliphatic rings. The molecule has 1 aromatic heterocycles. The molecule has 0 aliphatic carbocycles. The van der Waals surface area contributed by atoms with E-state index in [1.54, 1.807) is 16.8 Å². The summed E-state index contributed by atoms with van der Waals surface area (Å²) in [6.07, 6.45) is 2.58. The summed E-state index contributed by atoms with van der Waals surface area (Å²) in [5.41, 5.74) is 6.37. The van der Waals surface area contributed by atoms with Gasteiger partial charge in [0.1, 0.15) is 11.5 Å². The first-order valence-corrected chi connectivity index (χ1v) is 8.37. The van der Waals surface area contributed by atoms with Gasteiger partial charge in [0.05, 0.1) is 16.7 Å². The lowest BCUT2D eigenvalue weighted by Crippen LogP contribution is -2.27. The lowest BCUT2D eigenvalue weighted by Gasteiger charge is -2.20. The van der Waals surface area contributed by atoms with E-state index >= 15 is 0 Å². The molecule has 1 amide bonds. The number of aryl methyl sites for hydroxylation is 1. The molecule has 0 aliphatic heterocycles. The number of rotatable bonds is 6. The Kier molecular flexibility index (Phi) is 5.14. The zero-order valence-electron chi connectivity index (χ0n) is 13.5. The molecule has 5 nitrogen and oxygen atoms in total. The molecule has 1 N–H and O–H groups in total. The van der Waals surface area contributed by atoms with Crippen molar-refractivity contribution in [3.8, 4) is 11.3 Å². The Balaban J connectivity index is 1.77. The van der Waals surface area contributed by atoms with Crippen LogP contribution in [0.15, 0.2) is 59.2 Å². The fourth-order valence-electron chi connectivity index (χ4n) is 2.45. The highest BCUT2D eigenvalue weighted by Gasteiger charge is 2.09. The summed E-state index contributed by atoms with van der Waals surface area (Å²) in [7, 11) is 1.85. The Morgan fingerprint density at radius 3 is 2.68 bits per heavy atom. The Bertz CT molecular complexity index is 879. The van der Waals surface area contributed by atoms with E-state index in [-0.39, 0.29) is 5.82 Å². The summed E-state index contributed by atoms with van der Waals surface area (Å²) < 4.78 is 15.6. The van der Waals surface area contributed by atoms with Crippen LogP contribution in [-0.4, -0.2) is 21.2 Å². The van der Waals surface area contributed by atoms with E-state index in [9.17, 15) is 9.18 Å². The van der Waals surface area contributed by atoms with Crippen LogP contribution in [0.2, 0.25) is 0 Å². The smallest absolute Gasteiger partial charge is 0.228 e. The molecule has 0 bridgehead atoms. The molecule has 0 saturated carbocycles. The van der Waals surface area contributed by atoms with E-state index < -0.39 is 0 Å². The van der Waals surface area contributed by atoms with Crippen molar-refractivity contribution in [1.29, 1.82) is 0 Å². The van der Waals surface area contributed by atoms with Gasteiger partial charge in [0.25, 0.3) is 0 Å². The highest BCUT2D eigenvalue weighted by Crippen LogP contribution is 2.28. The Morgan fingerprint density at radius 1 is 1.28 bits per heavy atom. The average molecular weight is 403 g/mol. The second-order valence-electron chi connectivity index (χ2n) is 5.55. The number of hydrogen-bond acceptors (Lipinski definition) is 3. The maximum atomic E-state index is 13.0. The van der Waals surface area contributed by atoms with Gasteiger partial charge in [-0.3, -0.25) is 19.9 Å². The van der Waals surface area contributed by atoms with Crippen LogP contribution in [0.3, 0.4) is 0 Å². The lowest BCUT2D eigenvalue weighted by atomic mass is 10.1. The Morgan fingerprint density at radius 2 is 2.04 bits per heavy atom. The van der Waals surface area contributed by atoms with Crippen LogP contribution in [0.1, 0.15) is 5.56 Å². The highest BCUT2D eigenvalue weighted by atomic mass is 79.9. The molecule has 25 heavy (non-hydrogen) atoms. The highest BCUT2D eigenvalue weighted by molar-refractivity contribution is 9.10. The van der Waals surface area contributed by atoms with Gasteiger partial charge < -0.3 is 0 Å². The van der Waals surface area contributed by atoms with Crippen LogP contribution >= 0.6 is 15.9 Å². The van der Waals surface area contributed by atoms with E-state index in [1.165, 1.54) is 17.1 Å². The predicted octanol–water partition coefficient (Wildman–Crippen LogP) is 3.97. The molecule has 0 atom stereocenters. The second kappa shape index (κ2) is 7.48. The zero-order chi connectivity index (χ0) is 17.8. The molecule has 1 heterocycles. The number of carbonyl (C=O) groups excluding carboxylic acids is 1. The summed E-state index contributed by atoms with van der Waals surface area (Å²) in [6, 6.07) is 13.7. The predicted molar refractivity (Wildman–Crippen MR) is 98.0 cm³/mol. The Labute approximate surface area is 153 Å². The minimum Gasteiger partial charge on any atom is -0.296 e. The van der Waals surface area contributed by atoms with Gasteiger partial charge in [-0.25, -0.2) is 4.39 Å². The monoisotopic (exact) mass is 402 g/mol. The summed E-state index contributed by atoms with van der Waals surface area (Å²) >= 11 is 3.49. The quantitative estimate of drug-likeness (QED) is 0.501. The Hall–Kier alpha value is -2.67. The number of carbonyl (C=O) groups is 1. The molecule has 0 unspecified atom stereocenters. The first kappa shape index (κ1) is 17.2. The third kappa shape index (κ3) is 4.24. The molecule has 0 spiro atoms. The normalized spacial score (nSPS) is 10.5. The number of nitrogens with one attached hydrogen (secondary N) is 1. The fourth-order valence-corrected chi connectivity index (χ4v) is 3.05. The summed E-state index contributed by atoms with van der Waals surface area (Å²) in [4.78, 5) is 11.4. The van der Waals surface area contributed by atoms with Gasteiger partial charge in [-0.15, -0.1) is 0 Å². The fraction of sp³-hybridized carbons (Fsp3) is 0.111. The maximum Gasteiger partial charge on any atom is 0.228 e. The van der Waals surface area contributed by atoms with E-state index in [0.717, 1.165) is 27.0 Å². The zero-order valence-corrected chi connectivity index (χ0v) is 15.1. The minimum absolute atomic E-state index is 0.303. The van der Waals surface area contributed by atoms with Crippen molar-refractivity contribution >= 4 is 28.0 Å². The van der Waals surface area contributed by atoms with Crippen molar-refractivity contribution in [1.82, 2.24) is 14.8 Å². The van der Waals surface area contributed by atoms with Gasteiger partial charge in [0, 0.05) is 18.8 Å². The largest absolute Gasteiger partial charge is 0.296 e. The van der Waals surface area contributed by atoms with Gasteiger partial charge in [0.2, 0.25) is 6.41 Å². The van der Waals surface area contributed by atoms with Crippen molar-refractivity contribution in [2.24, 2.45) is 7.05 Å². The molecule has 0 fully saturated rings. The summed E-state index contributed by atoms with van der Waals surface area (Å²) in [6.45, 7) is 0.321. The second-order valence-corrected chi connectivity index (χ2v) is 6.41. The average Bonchev–Trinajstić information content (AvgIpc) is 2.95. The van der Waals surface area contributed by atoms with Crippen LogP contribution in [0.5, 0.6) is 0 Å². The van der Waals surface area contributed by atoms with Crippen LogP contribution < -0.4 is 5.43 Å². The number of aromatic nitrogens is 2. The SMILES string of the molecule is Cn1cc(Br)c(-c2cccc(NN(C=O)Cc3ccc(F)cc3)c2)n1. The topological polar surface area (TPSA) is 50.2 Å². The molecule has 3 rings (SSSR count). The van der Waals surface area contributed by atoms with Crippen molar-refractivity contribution in [2.75, 3.05) is 5.43 Å². The maximum absolute atomic E-state index is 13.0. The lowest BCUT2D eigenvalue weighted by molar-refractivity contribution is -0.117. The molecule has 128 valence electrons. The van der Waals surface area contributed by atoms with Gasteiger partial charge in [-0.1, -0.05) is 24.3 Å². The number of nitrogens with zero attached hydrogens (tertiary/aromatic N) is 3. The first-order chi connectivity index (χ1) is 12.0. The van der Waals surface area contributed by atoms with E-state index in [2.05, 4.69) is 26.5 Å². The molecule has 3 aromatic rings. The van der Waals surface area contributed by atoms with Crippen molar-refractivity contribution in [2.45, 2.75) is 6.54 Å². The van der Waals surface area contributed by atoms with Crippen LogP contribution in [-0.2, 0) is 18.4 Å². The minimum atomic E-state index is -0.303. The third-order valence-electron chi connectivity index (χ3n) is 3.59.